The van der Waals surface area contributed by atoms with E-state index in [0.717, 1.165) is 57.2 Å². The normalized spacial score (nSPS) is 19.1. The summed E-state index contributed by atoms with van der Waals surface area (Å²) < 4.78 is 13.3. The van der Waals surface area contributed by atoms with Crippen molar-refractivity contribution in [1.29, 1.82) is 0 Å². The average Bonchev–Trinajstić information content (AvgIpc) is 2.74. The molecule has 0 aromatic heterocycles. The Labute approximate surface area is 167 Å². The van der Waals surface area contributed by atoms with E-state index in [1.807, 2.05) is 17.0 Å². The highest BCUT2D eigenvalue weighted by Crippen LogP contribution is 2.39. The number of hydrogen-bond donors (Lipinski definition) is 2. The van der Waals surface area contributed by atoms with Gasteiger partial charge in [0, 0.05) is 38.0 Å². The number of halogens is 1. The third-order valence-electron chi connectivity index (χ3n) is 6.19. The van der Waals surface area contributed by atoms with Crippen LogP contribution >= 0.6 is 0 Å². The van der Waals surface area contributed by atoms with Crippen molar-refractivity contribution in [3.8, 4) is 0 Å². The Balaban J connectivity index is 1.47. The standard InChI is InChI=1S/C22H32FN3O2/c23-19-9-7-18(8-10-19)22(12-3-1-4-13-22)17-25-21(28)24-14-11-20(27)26-15-5-2-6-16-26/h7-10H,1-6,11-17H2,(H2,24,25,28). The van der Waals surface area contributed by atoms with Crippen LogP contribution in [0.5, 0.6) is 0 Å². The molecule has 0 bridgehead atoms. The molecular formula is C22H32FN3O2. The fraction of sp³-hybridized carbons (Fsp3) is 0.636. The molecule has 0 spiro atoms. The van der Waals surface area contributed by atoms with Crippen LogP contribution in [0.15, 0.2) is 24.3 Å². The van der Waals surface area contributed by atoms with Crippen LogP contribution in [0.25, 0.3) is 0 Å². The molecule has 2 fully saturated rings. The summed E-state index contributed by atoms with van der Waals surface area (Å²) in [6.07, 6.45) is 9.11. The summed E-state index contributed by atoms with van der Waals surface area (Å²) >= 11 is 0. The molecule has 2 aliphatic rings. The van der Waals surface area contributed by atoms with Gasteiger partial charge in [0.1, 0.15) is 5.82 Å². The maximum absolute atomic E-state index is 13.3. The first-order valence-electron chi connectivity index (χ1n) is 10.6. The number of likely N-dealkylation sites (tertiary alicyclic amines) is 1. The lowest BCUT2D eigenvalue weighted by Gasteiger charge is -2.38. The minimum absolute atomic E-state index is 0.120. The molecule has 3 amide bonds. The SMILES string of the molecule is O=C(NCCC(=O)N1CCCCC1)NCC1(c2ccc(F)cc2)CCCCC1. The van der Waals surface area contributed by atoms with Gasteiger partial charge in [-0.25, -0.2) is 9.18 Å². The van der Waals surface area contributed by atoms with Gasteiger partial charge in [-0.15, -0.1) is 0 Å². The van der Waals surface area contributed by atoms with E-state index in [2.05, 4.69) is 10.6 Å². The first-order valence-corrected chi connectivity index (χ1v) is 10.6. The Bertz CT molecular complexity index is 650. The van der Waals surface area contributed by atoms with Gasteiger partial charge in [-0.2, -0.15) is 0 Å². The van der Waals surface area contributed by atoms with Crippen molar-refractivity contribution in [3.05, 3.63) is 35.6 Å². The molecule has 1 aromatic rings. The highest BCUT2D eigenvalue weighted by Gasteiger charge is 2.34. The van der Waals surface area contributed by atoms with Gasteiger partial charge in [-0.05, 0) is 49.8 Å². The molecule has 28 heavy (non-hydrogen) atoms. The molecule has 1 saturated heterocycles. The molecule has 1 aliphatic heterocycles. The van der Waals surface area contributed by atoms with E-state index in [1.165, 1.54) is 25.0 Å². The van der Waals surface area contributed by atoms with Crippen LogP contribution in [-0.2, 0) is 10.2 Å². The largest absolute Gasteiger partial charge is 0.343 e. The predicted octanol–water partition coefficient (Wildman–Crippen LogP) is 3.73. The lowest BCUT2D eigenvalue weighted by atomic mass is 9.69. The van der Waals surface area contributed by atoms with Crippen LogP contribution in [0.4, 0.5) is 9.18 Å². The first-order chi connectivity index (χ1) is 13.6. The molecule has 3 rings (SSSR count). The summed E-state index contributed by atoms with van der Waals surface area (Å²) in [4.78, 5) is 26.3. The number of rotatable bonds is 6. The van der Waals surface area contributed by atoms with Crippen LogP contribution in [0.3, 0.4) is 0 Å². The van der Waals surface area contributed by atoms with E-state index in [0.29, 0.717) is 19.5 Å². The number of hydrogen-bond acceptors (Lipinski definition) is 2. The second-order valence-electron chi connectivity index (χ2n) is 8.15. The van der Waals surface area contributed by atoms with Gasteiger partial charge in [-0.3, -0.25) is 4.79 Å². The van der Waals surface area contributed by atoms with Gasteiger partial charge in [0.25, 0.3) is 0 Å². The second-order valence-corrected chi connectivity index (χ2v) is 8.15. The number of piperidine rings is 1. The summed E-state index contributed by atoms with van der Waals surface area (Å²) in [6.45, 7) is 2.56. The van der Waals surface area contributed by atoms with Crippen molar-refractivity contribution < 1.29 is 14.0 Å². The summed E-state index contributed by atoms with van der Waals surface area (Å²) in [5.41, 5.74) is 0.960. The number of nitrogens with zero attached hydrogens (tertiary/aromatic N) is 1. The predicted molar refractivity (Wildman–Crippen MR) is 108 cm³/mol. The van der Waals surface area contributed by atoms with E-state index in [9.17, 15) is 14.0 Å². The maximum Gasteiger partial charge on any atom is 0.314 e. The van der Waals surface area contributed by atoms with Crippen molar-refractivity contribution >= 4 is 11.9 Å². The monoisotopic (exact) mass is 389 g/mol. The van der Waals surface area contributed by atoms with E-state index in [-0.39, 0.29) is 23.2 Å². The summed E-state index contributed by atoms with van der Waals surface area (Å²) in [5, 5.41) is 5.80. The minimum atomic E-state index is -0.237. The minimum Gasteiger partial charge on any atom is -0.343 e. The Morgan fingerprint density at radius 2 is 1.57 bits per heavy atom. The van der Waals surface area contributed by atoms with Gasteiger partial charge in [0.2, 0.25) is 5.91 Å². The van der Waals surface area contributed by atoms with Gasteiger partial charge >= 0.3 is 6.03 Å². The number of carbonyl (C=O) groups excluding carboxylic acids is 2. The van der Waals surface area contributed by atoms with Gasteiger partial charge in [0.15, 0.2) is 0 Å². The zero-order valence-corrected chi connectivity index (χ0v) is 16.6. The molecule has 6 heteroatoms. The zero-order chi connectivity index (χ0) is 19.8. The number of amides is 3. The third kappa shape index (κ3) is 5.46. The van der Waals surface area contributed by atoms with Crippen molar-refractivity contribution in [1.82, 2.24) is 15.5 Å². The lowest BCUT2D eigenvalue weighted by molar-refractivity contribution is -0.131. The summed E-state index contributed by atoms with van der Waals surface area (Å²) in [5.74, 6) is -0.117. The molecule has 154 valence electrons. The average molecular weight is 390 g/mol. The smallest absolute Gasteiger partial charge is 0.314 e. The molecule has 1 heterocycles. The highest BCUT2D eigenvalue weighted by molar-refractivity contribution is 5.78. The molecule has 5 nitrogen and oxygen atoms in total. The molecular weight excluding hydrogens is 357 g/mol. The van der Waals surface area contributed by atoms with Crippen LogP contribution in [-0.4, -0.2) is 43.0 Å². The fourth-order valence-corrected chi connectivity index (χ4v) is 4.50. The number of benzene rings is 1. The van der Waals surface area contributed by atoms with Crippen LogP contribution in [0, 0.1) is 5.82 Å². The highest BCUT2D eigenvalue weighted by atomic mass is 19.1. The second kappa shape index (κ2) is 9.89. The van der Waals surface area contributed by atoms with E-state index >= 15 is 0 Å². The molecule has 0 unspecified atom stereocenters. The van der Waals surface area contributed by atoms with E-state index < -0.39 is 0 Å². The van der Waals surface area contributed by atoms with Crippen molar-refractivity contribution in [3.63, 3.8) is 0 Å². The number of nitrogens with one attached hydrogen (secondary N) is 2. The van der Waals surface area contributed by atoms with Crippen LogP contribution < -0.4 is 10.6 Å². The molecule has 0 radical (unpaired) electrons. The summed E-state index contributed by atoms with van der Waals surface area (Å²) in [7, 11) is 0. The number of carbonyl (C=O) groups is 2. The molecule has 0 atom stereocenters. The Kier molecular flexibility index (Phi) is 7.29. The number of urea groups is 1. The summed E-state index contributed by atoms with van der Waals surface area (Å²) in [6, 6.07) is 6.45. The Morgan fingerprint density at radius 1 is 0.929 bits per heavy atom. The van der Waals surface area contributed by atoms with Crippen molar-refractivity contribution in [2.45, 2.75) is 63.2 Å². The Hall–Kier alpha value is -2.11. The molecule has 1 saturated carbocycles. The van der Waals surface area contributed by atoms with Gasteiger partial charge in [0.05, 0.1) is 0 Å². The zero-order valence-electron chi connectivity index (χ0n) is 16.6. The van der Waals surface area contributed by atoms with Crippen molar-refractivity contribution in [2.24, 2.45) is 0 Å². The van der Waals surface area contributed by atoms with Crippen LogP contribution in [0.1, 0.15) is 63.4 Å². The molecule has 2 N–H and O–H groups in total. The molecule has 1 aromatic carbocycles. The van der Waals surface area contributed by atoms with Crippen molar-refractivity contribution in [2.75, 3.05) is 26.2 Å². The van der Waals surface area contributed by atoms with E-state index in [1.54, 1.807) is 0 Å². The molecule has 1 aliphatic carbocycles. The first kappa shape index (κ1) is 20.6. The fourth-order valence-electron chi connectivity index (χ4n) is 4.50. The van der Waals surface area contributed by atoms with Gasteiger partial charge < -0.3 is 15.5 Å². The third-order valence-corrected chi connectivity index (χ3v) is 6.19. The quantitative estimate of drug-likeness (QED) is 0.779. The lowest BCUT2D eigenvalue weighted by Crippen LogP contribution is -2.46. The van der Waals surface area contributed by atoms with Crippen LogP contribution in [0.2, 0.25) is 0 Å². The Morgan fingerprint density at radius 3 is 2.25 bits per heavy atom. The topological polar surface area (TPSA) is 61.4 Å². The maximum atomic E-state index is 13.3. The van der Waals surface area contributed by atoms with Gasteiger partial charge in [-0.1, -0.05) is 31.4 Å². The van der Waals surface area contributed by atoms with E-state index in [4.69, 9.17) is 0 Å².